The minimum absolute atomic E-state index is 0.0371. The van der Waals surface area contributed by atoms with Crippen molar-refractivity contribution in [3.8, 4) is 23.0 Å². The summed E-state index contributed by atoms with van der Waals surface area (Å²) in [5.41, 5.74) is -0.137. The van der Waals surface area contributed by atoms with E-state index in [0.717, 1.165) is 34.3 Å². The van der Waals surface area contributed by atoms with E-state index in [0.29, 0.717) is 41.4 Å². The summed E-state index contributed by atoms with van der Waals surface area (Å²) in [6.07, 6.45) is 6.43. The topological polar surface area (TPSA) is 157 Å². The van der Waals surface area contributed by atoms with E-state index >= 15 is 4.79 Å². The molecule has 4 saturated carbocycles. The summed E-state index contributed by atoms with van der Waals surface area (Å²) in [5.74, 6) is -1.28. The van der Waals surface area contributed by atoms with Crippen LogP contribution in [0.2, 0.25) is 0 Å². The van der Waals surface area contributed by atoms with E-state index < -0.39 is 60.8 Å². The summed E-state index contributed by atoms with van der Waals surface area (Å²) in [6.45, 7) is 8.52. The van der Waals surface area contributed by atoms with Crippen LogP contribution >= 0.6 is 0 Å². The first-order valence-electron chi connectivity index (χ1n) is 18.9. The molecule has 2 spiro atoms. The smallest absolute Gasteiger partial charge is 0.260 e. The number of sulfonamides is 2. The highest BCUT2D eigenvalue weighted by molar-refractivity contribution is 7.90. The Bertz CT molecular complexity index is 2270. The highest BCUT2D eigenvalue weighted by Gasteiger charge is 2.74. The Morgan fingerprint density at radius 2 is 1.41 bits per heavy atom. The summed E-state index contributed by atoms with van der Waals surface area (Å²) in [6, 6.07) is 7.08. The summed E-state index contributed by atoms with van der Waals surface area (Å²) in [5, 5.41) is 10.4. The fraction of sp³-hybridized carbons (Fsp3) is 0.600. The number of aromatic hydroxyl groups is 1. The number of carbonyl (C=O) groups is 2. The lowest BCUT2D eigenvalue weighted by molar-refractivity contribution is -0.132. The lowest BCUT2D eigenvalue weighted by atomic mass is 9.69. The van der Waals surface area contributed by atoms with E-state index in [-0.39, 0.29) is 51.4 Å². The average Bonchev–Trinajstić information content (AvgIpc) is 3.89. The number of phenolic OH excluding ortho intramolecular Hbond substituents is 1. The molecule has 8 atom stereocenters. The number of rotatable bonds is 6. The molecule has 4 bridgehead atoms. The molecule has 0 unspecified atom stereocenters. The van der Waals surface area contributed by atoms with Gasteiger partial charge < -0.3 is 19.3 Å². The van der Waals surface area contributed by atoms with Crippen LogP contribution in [0.4, 0.5) is 0 Å². The number of nitrogens with zero attached hydrogens (tertiary/aromatic N) is 2. The van der Waals surface area contributed by atoms with Gasteiger partial charge in [0.15, 0.2) is 23.0 Å². The molecule has 12 nitrogen and oxygen atoms in total. The van der Waals surface area contributed by atoms with Crippen molar-refractivity contribution in [2.75, 3.05) is 25.7 Å². The Morgan fingerprint density at radius 1 is 0.833 bits per heavy atom. The van der Waals surface area contributed by atoms with Crippen molar-refractivity contribution in [1.29, 1.82) is 0 Å². The summed E-state index contributed by atoms with van der Waals surface area (Å²) in [4.78, 5) is 29.0. The van der Waals surface area contributed by atoms with Crippen LogP contribution in [-0.2, 0) is 29.6 Å². The van der Waals surface area contributed by atoms with E-state index in [1.807, 2.05) is 0 Å². The van der Waals surface area contributed by atoms with Crippen LogP contribution in [0.5, 0.6) is 23.0 Å². The van der Waals surface area contributed by atoms with Gasteiger partial charge in [-0.15, -0.1) is 0 Å². The molecule has 4 aliphatic carbocycles. The van der Waals surface area contributed by atoms with Crippen molar-refractivity contribution < 1.29 is 45.7 Å². The van der Waals surface area contributed by atoms with Gasteiger partial charge in [-0.2, -0.15) is 0 Å². The Morgan fingerprint density at radius 3 is 1.98 bits per heavy atom. The van der Waals surface area contributed by atoms with Crippen molar-refractivity contribution in [3.05, 3.63) is 53.1 Å². The van der Waals surface area contributed by atoms with Crippen molar-refractivity contribution >= 4 is 37.9 Å². The molecule has 0 aromatic heterocycles. The first-order valence-corrected chi connectivity index (χ1v) is 22.1. The molecular weight excluding hydrogens is 733 g/mol. The molecule has 54 heavy (non-hydrogen) atoms. The fourth-order valence-electron chi connectivity index (χ4n) is 12.5. The number of fused-ring (bicyclic) bond motifs is 3. The molecule has 9 rings (SSSR count). The second-order valence-corrected chi connectivity index (χ2v) is 21.6. The predicted molar refractivity (Wildman–Crippen MR) is 199 cm³/mol. The zero-order valence-corrected chi connectivity index (χ0v) is 33.1. The van der Waals surface area contributed by atoms with Gasteiger partial charge in [-0.3, -0.25) is 9.59 Å². The van der Waals surface area contributed by atoms with E-state index in [1.54, 1.807) is 24.3 Å². The maximum Gasteiger partial charge on any atom is 0.260 e. The third-order valence-corrected chi connectivity index (χ3v) is 19.5. The third-order valence-electron chi connectivity index (χ3n) is 15.7. The second kappa shape index (κ2) is 11.2. The Labute approximate surface area is 316 Å². The normalized spacial score (nSPS) is 36.6. The van der Waals surface area contributed by atoms with Crippen LogP contribution in [0.15, 0.2) is 36.4 Å². The maximum atomic E-state index is 15.1. The predicted octanol–water partition coefficient (Wildman–Crippen LogP) is 5.37. The third kappa shape index (κ3) is 4.41. The maximum absolute atomic E-state index is 15.1. The molecule has 3 heterocycles. The van der Waals surface area contributed by atoms with Crippen molar-refractivity contribution in [2.45, 2.75) is 90.3 Å². The van der Waals surface area contributed by atoms with Gasteiger partial charge in [-0.05, 0) is 103 Å². The largest absolute Gasteiger partial charge is 0.504 e. The first-order chi connectivity index (χ1) is 25.3. The van der Waals surface area contributed by atoms with E-state index in [4.69, 9.17) is 14.2 Å². The van der Waals surface area contributed by atoms with Gasteiger partial charge in [0.25, 0.3) is 5.91 Å². The molecule has 2 saturated heterocycles. The van der Waals surface area contributed by atoms with Crippen molar-refractivity contribution in [3.63, 3.8) is 0 Å². The molecule has 14 heteroatoms. The van der Waals surface area contributed by atoms with Crippen LogP contribution < -0.4 is 14.2 Å². The summed E-state index contributed by atoms with van der Waals surface area (Å²) >= 11 is 0. The molecule has 0 radical (unpaired) electrons. The standard InChI is InChI=1S/C40H48N2O10S2/c1-37(2)24-11-13-39(37)20-53(46,47)41(30(39)18-24)32(44)10-7-22-15-26-33(34(52-35(26)29(16-22)51-6)23-8-9-27(43)28(17-23)50-5)36(45)42-31-19-25-12-14-40(31,38(25,3)4)21-54(42,48)49/h7-10,15-17,24-25,30-31,33-34,43H,11-14,18-21H2,1-6H3/b10-7+/t24-,25-,30-,31-,33+,34-,39-,40-/m0/s1. The van der Waals surface area contributed by atoms with E-state index in [1.165, 1.54) is 32.4 Å². The van der Waals surface area contributed by atoms with E-state index in [9.17, 15) is 26.7 Å². The van der Waals surface area contributed by atoms with Gasteiger partial charge in [0, 0.05) is 22.5 Å². The molecular formula is C40H48N2O10S2. The number of ether oxygens (including phenoxy) is 3. The minimum atomic E-state index is -4.00. The fourth-order valence-corrected chi connectivity index (χ4v) is 17.6. The molecule has 3 aliphatic heterocycles. The molecule has 2 aromatic carbocycles. The Balaban J connectivity index is 1.11. The highest BCUT2D eigenvalue weighted by Crippen LogP contribution is 2.71. The van der Waals surface area contributed by atoms with Crippen molar-refractivity contribution in [1.82, 2.24) is 8.61 Å². The van der Waals surface area contributed by atoms with Gasteiger partial charge in [0.05, 0.1) is 37.8 Å². The second-order valence-electron chi connectivity index (χ2n) is 17.9. The number of benzene rings is 2. The number of methoxy groups -OCH3 is 2. The zero-order chi connectivity index (χ0) is 38.5. The van der Waals surface area contributed by atoms with E-state index in [2.05, 4.69) is 27.7 Å². The van der Waals surface area contributed by atoms with Crippen LogP contribution in [0, 0.1) is 33.5 Å². The van der Waals surface area contributed by atoms with Gasteiger partial charge in [-0.25, -0.2) is 25.4 Å². The van der Waals surface area contributed by atoms with Crippen LogP contribution in [0.1, 0.15) is 94.9 Å². The van der Waals surface area contributed by atoms with Crippen molar-refractivity contribution in [2.24, 2.45) is 33.5 Å². The van der Waals surface area contributed by atoms with Crippen LogP contribution in [0.25, 0.3) is 6.08 Å². The number of phenols is 1. The lowest BCUT2D eigenvalue weighted by Crippen LogP contribution is -2.46. The zero-order valence-electron chi connectivity index (χ0n) is 31.5. The average molecular weight is 781 g/mol. The number of hydrogen-bond acceptors (Lipinski definition) is 10. The van der Waals surface area contributed by atoms with Gasteiger partial charge in [0.2, 0.25) is 26.0 Å². The summed E-state index contributed by atoms with van der Waals surface area (Å²) in [7, 11) is -4.98. The monoisotopic (exact) mass is 780 g/mol. The molecule has 2 aromatic rings. The molecule has 1 N–H and O–H groups in total. The molecule has 2 amide bonds. The minimum Gasteiger partial charge on any atom is -0.504 e. The number of amides is 2. The van der Waals surface area contributed by atoms with Gasteiger partial charge >= 0.3 is 0 Å². The SMILES string of the molecule is COc1cc([C@@H]2Oc3c(OC)cc(/C=C/C(=O)N4[C@H]5C[C@@H]6CC[C@@]5(CS4(=O)=O)C6(C)C)cc3[C@H]2C(=O)N2[C@H]3C[C@@H]4CC[C@@]3(CS2(=O)=O)C4(C)C)ccc1O. The van der Waals surface area contributed by atoms with Crippen LogP contribution in [0.3, 0.4) is 0 Å². The van der Waals surface area contributed by atoms with Gasteiger partial charge in [0.1, 0.15) is 12.0 Å². The molecule has 7 aliphatic rings. The molecule has 290 valence electrons. The highest BCUT2D eigenvalue weighted by atomic mass is 32.2. The quantitative estimate of drug-likeness (QED) is 0.378. The number of carbonyl (C=O) groups excluding carboxylic acids is 2. The van der Waals surface area contributed by atoms with Gasteiger partial charge in [-0.1, -0.05) is 33.8 Å². The van der Waals surface area contributed by atoms with Crippen LogP contribution in [-0.4, -0.2) is 80.2 Å². The Kier molecular flexibility index (Phi) is 7.42. The molecule has 6 fully saturated rings. The summed E-state index contributed by atoms with van der Waals surface area (Å²) < 4.78 is 75.3. The first kappa shape index (κ1) is 35.9. The Hall–Kier alpha value is -3.78. The lowest BCUT2D eigenvalue weighted by Gasteiger charge is -2.37. The number of hydrogen-bond donors (Lipinski definition) is 1.